The molecule has 8 nitrogen and oxygen atoms in total. The molecular weight excluding hydrogens is 615 g/mol. The van der Waals surface area contributed by atoms with Gasteiger partial charge in [-0.1, -0.05) is 57.9 Å². The Morgan fingerprint density at radius 3 is 2.30 bits per heavy atom. The minimum Gasteiger partial charge on any atom is -0.494 e. The number of aliphatic hydroxyl groups excluding tert-OH is 1. The van der Waals surface area contributed by atoms with Crippen molar-refractivity contribution in [1.82, 2.24) is 9.88 Å². The van der Waals surface area contributed by atoms with Gasteiger partial charge < -0.3 is 19.5 Å². The lowest BCUT2D eigenvalue weighted by atomic mass is 9.98. The highest BCUT2D eigenvalue weighted by atomic mass is 32.2. The minimum absolute atomic E-state index is 0.198. The van der Waals surface area contributed by atoms with Crippen LogP contribution in [-0.4, -0.2) is 82.2 Å². The third-order valence-corrected chi connectivity index (χ3v) is 12.8. The molecule has 5 rings (SSSR count). The zero-order valence-corrected chi connectivity index (χ0v) is 29.7. The number of β-amino-alcohol motifs (C(OH)–C–C–N with tert-alkyl or cyclic N) is 1. The Morgan fingerprint density at radius 2 is 1.63 bits per heavy atom. The molecule has 2 aliphatic heterocycles. The van der Waals surface area contributed by atoms with E-state index in [-0.39, 0.29) is 15.9 Å². The van der Waals surface area contributed by atoms with Gasteiger partial charge in [-0.3, -0.25) is 9.88 Å². The Bertz CT molecular complexity index is 1510. The van der Waals surface area contributed by atoms with Crippen LogP contribution in [0.5, 0.6) is 5.75 Å². The lowest BCUT2D eigenvalue weighted by molar-refractivity contribution is 0.0398. The molecule has 2 N–H and O–H groups in total. The van der Waals surface area contributed by atoms with E-state index in [2.05, 4.69) is 21.7 Å². The van der Waals surface area contributed by atoms with Crippen LogP contribution in [0.1, 0.15) is 84.0 Å². The van der Waals surface area contributed by atoms with Crippen molar-refractivity contribution in [2.24, 2.45) is 0 Å². The summed E-state index contributed by atoms with van der Waals surface area (Å²) >= 11 is 0. The Morgan fingerprint density at radius 1 is 0.935 bits per heavy atom. The first-order valence-corrected chi connectivity index (χ1v) is 21.3. The Kier molecular flexibility index (Phi) is 12.5. The van der Waals surface area contributed by atoms with Crippen molar-refractivity contribution < 1.29 is 23.1 Å². The van der Waals surface area contributed by atoms with Crippen LogP contribution in [0.3, 0.4) is 0 Å². The molecule has 10 heteroatoms. The second-order valence-electron chi connectivity index (χ2n) is 13.2. The first-order chi connectivity index (χ1) is 22.3. The van der Waals surface area contributed by atoms with Crippen LogP contribution in [0.25, 0.3) is 10.9 Å². The minimum atomic E-state index is -3.90. The smallest absolute Gasteiger partial charge is 0.210 e. The summed E-state index contributed by atoms with van der Waals surface area (Å²) in [6, 6.07) is 12.9. The number of hydrogen-bond acceptors (Lipinski definition) is 8. The SMILES string of the molecule is CCCCCCCCCCOc1ccc(S(=O)(=O)c2cnc3ccc([SiH](C)O)cc3c2N2CCC(N3CCCC(O)C3)CC2)cc1. The molecule has 0 amide bonds. The van der Waals surface area contributed by atoms with E-state index < -0.39 is 18.9 Å². The maximum atomic E-state index is 14.3. The molecule has 2 saturated heterocycles. The van der Waals surface area contributed by atoms with Gasteiger partial charge in [0.05, 0.1) is 28.8 Å². The number of hydrogen-bond donors (Lipinski definition) is 2. The number of nitrogens with zero attached hydrogens (tertiary/aromatic N) is 3. The standard InChI is InChI=1S/C36H53N3O5SSi/c1-3-4-5-6-7-8-9-10-24-44-30-13-15-31(16-14-30)45(41,42)35-26-37-34-18-17-32(46(2)43)25-33(34)36(35)38-22-19-28(20-23-38)39-21-11-12-29(40)27-39/h13-18,25-26,28-29,40,43,46H,3-12,19-24,27H2,1-2H3. The monoisotopic (exact) mass is 667 g/mol. The first-order valence-electron chi connectivity index (χ1n) is 17.5. The number of benzene rings is 2. The normalized spacial score (nSPS) is 19.0. The van der Waals surface area contributed by atoms with E-state index in [0.29, 0.717) is 43.7 Å². The van der Waals surface area contributed by atoms with Gasteiger partial charge in [-0.15, -0.1) is 0 Å². The number of rotatable bonds is 15. The fourth-order valence-corrected chi connectivity index (χ4v) is 9.21. The van der Waals surface area contributed by atoms with Crippen molar-refractivity contribution in [3.05, 3.63) is 48.7 Å². The fourth-order valence-electron chi connectivity index (χ4n) is 7.00. The zero-order valence-electron chi connectivity index (χ0n) is 27.7. The summed E-state index contributed by atoms with van der Waals surface area (Å²) in [5.74, 6) is 0.676. The maximum Gasteiger partial charge on any atom is 0.210 e. The Labute approximate surface area is 277 Å². The van der Waals surface area contributed by atoms with Gasteiger partial charge in [-0.05, 0) is 86.8 Å². The molecule has 252 valence electrons. The summed E-state index contributed by atoms with van der Waals surface area (Å²) in [5.41, 5.74) is 1.40. The molecule has 0 saturated carbocycles. The van der Waals surface area contributed by atoms with Gasteiger partial charge >= 0.3 is 0 Å². The summed E-state index contributed by atoms with van der Waals surface area (Å²) in [6.45, 7) is 7.85. The average Bonchev–Trinajstić information content (AvgIpc) is 3.07. The molecule has 2 aromatic carbocycles. The van der Waals surface area contributed by atoms with E-state index in [4.69, 9.17) is 4.74 Å². The third-order valence-electron chi connectivity index (χ3n) is 9.73. The van der Waals surface area contributed by atoms with Crippen molar-refractivity contribution in [1.29, 1.82) is 0 Å². The molecule has 0 radical (unpaired) electrons. The Balaban J connectivity index is 1.32. The molecule has 2 aliphatic rings. The maximum absolute atomic E-state index is 14.3. The van der Waals surface area contributed by atoms with Gasteiger partial charge in [0.1, 0.15) is 10.6 Å². The molecule has 2 fully saturated rings. The van der Waals surface area contributed by atoms with E-state index >= 15 is 0 Å². The molecule has 2 unspecified atom stereocenters. The lowest BCUT2D eigenvalue weighted by Gasteiger charge is -2.42. The van der Waals surface area contributed by atoms with Crippen molar-refractivity contribution in [3.63, 3.8) is 0 Å². The summed E-state index contributed by atoms with van der Waals surface area (Å²) < 4.78 is 34.5. The van der Waals surface area contributed by atoms with Gasteiger partial charge in [0.25, 0.3) is 0 Å². The average molecular weight is 668 g/mol. The number of fused-ring (bicyclic) bond motifs is 1. The number of unbranched alkanes of at least 4 members (excludes halogenated alkanes) is 7. The number of ether oxygens (including phenoxy) is 1. The molecule has 2 atom stereocenters. The largest absolute Gasteiger partial charge is 0.494 e. The summed E-state index contributed by atoms with van der Waals surface area (Å²) in [4.78, 5) is 20.1. The summed E-state index contributed by atoms with van der Waals surface area (Å²) in [5, 5.41) is 11.9. The fraction of sp³-hybridized carbons (Fsp3) is 0.583. The topological polar surface area (TPSA) is 103 Å². The van der Waals surface area contributed by atoms with Crippen LogP contribution >= 0.6 is 0 Å². The van der Waals surface area contributed by atoms with Crippen LogP contribution in [-0.2, 0) is 9.84 Å². The van der Waals surface area contributed by atoms with Gasteiger partial charge in [0.2, 0.25) is 18.9 Å². The molecule has 0 bridgehead atoms. The second-order valence-corrected chi connectivity index (χ2v) is 17.2. The van der Waals surface area contributed by atoms with Crippen molar-refractivity contribution in [3.8, 4) is 5.75 Å². The number of likely N-dealkylation sites (tertiary alicyclic amines) is 1. The van der Waals surface area contributed by atoms with Crippen LogP contribution in [0, 0.1) is 0 Å². The van der Waals surface area contributed by atoms with E-state index in [9.17, 15) is 18.3 Å². The number of aliphatic hydroxyl groups is 1. The highest BCUT2D eigenvalue weighted by molar-refractivity contribution is 7.91. The third kappa shape index (κ3) is 8.69. The van der Waals surface area contributed by atoms with Crippen molar-refractivity contribution >= 4 is 40.7 Å². The number of aromatic nitrogens is 1. The molecule has 0 spiro atoms. The van der Waals surface area contributed by atoms with E-state index in [0.717, 1.165) is 61.2 Å². The van der Waals surface area contributed by atoms with Crippen LogP contribution in [0.4, 0.5) is 5.69 Å². The lowest BCUT2D eigenvalue weighted by Crippen LogP contribution is -2.49. The molecule has 0 aliphatic carbocycles. The zero-order chi connectivity index (χ0) is 32.5. The Hall–Kier alpha value is -2.50. The predicted octanol–water partition coefficient (Wildman–Crippen LogP) is 5.57. The highest BCUT2D eigenvalue weighted by Crippen LogP contribution is 2.38. The molecule has 3 heterocycles. The summed E-state index contributed by atoms with van der Waals surface area (Å²) in [6.07, 6.45) is 14.8. The van der Waals surface area contributed by atoms with E-state index in [1.807, 2.05) is 24.7 Å². The van der Waals surface area contributed by atoms with Gasteiger partial charge in [0, 0.05) is 37.3 Å². The van der Waals surface area contributed by atoms with Crippen LogP contribution in [0.15, 0.2) is 58.5 Å². The second kappa shape index (κ2) is 16.5. The van der Waals surface area contributed by atoms with Crippen molar-refractivity contribution in [2.45, 2.75) is 112 Å². The predicted molar refractivity (Wildman–Crippen MR) is 189 cm³/mol. The number of pyridine rings is 1. The van der Waals surface area contributed by atoms with Crippen molar-refractivity contribution in [2.75, 3.05) is 37.7 Å². The number of anilines is 1. The van der Waals surface area contributed by atoms with Gasteiger partial charge in [-0.25, -0.2) is 8.42 Å². The molecule has 46 heavy (non-hydrogen) atoms. The number of sulfone groups is 1. The molecule has 1 aromatic heterocycles. The highest BCUT2D eigenvalue weighted by Gasteiger charge is 2.32. The molecular formula is C36H53N3O5SSi. The van der Waals surface area contributed by atoms with Gasteiger partial charge in [0.15, 0.2) is 0 Å². The quantitative estimate of drug-likeness (QED) is 0.160. The van der Waals surface area contributed by atoms with E-state index in [1.165, 1.54) is 44.7 Å². The van der Waals surface area contributed by atoms with Gasteiger partial charge in [-0.2, -0.15) is 0 Å². The molecule has 3 aromatic rings. The van der Waals surface area contributed by atoms with Crippen LogP contribution in [0.2, 0.25) is 6.55 Å². The first kappa shape index (κ1) is 34.8. The number of piperidine rings is 2. The van der Waals surface area contributed by atoms with E-state index in [1.54, 1.807) is 24.3 Å². The van der Waals surface area contributed by atoms with Crippen LogP contribution < -0.4 is 14.8 Å². The summed E-state index contributed by atoms with van der Waals surface area (Å²) in [7, 11) is -6.02.